The Bertz CT molecular complexity index is 2060. The highest BCUT2D eigenvalue weighted by Crippen LogP contribution is 2.20. The number of allylic oxidation sites excluding steroid dienone is 16. The number of quaternary nitrogens is 1. The second kappa shape index (κ2) is 85.8. The molecule has 105 heavy (non-hydrogen) atoms. The summed E-state index contributed by atoms with van der Waals surface area (Å²) in [6, 6.07) is 0. The lowest BCUT2D eigenvalue weighted by atomic mass is 10.0. The fourth-order valence-corrected chi connectivity index (χ4v) is 13.5. The van der Waals surface area contributed by atoms with E-state index in [2.05, 4.69) is 111 Å². The van der Waals surface area contributed by atoms with E-state index in [1.54, 1.807) is 0 Å². The van der Waals surface area contributed by atoms with Crippen LogP contribution in [-0.4, -0.2) is 82.3 Å². The van der Waals surface area contributed by atoms with Crippen molar-refractivity contribution in [2.24, 2.45) is 0 Å². The summed E-state index contributed by atoms with van der Waals surface area (Å²) in [5, 5.41) is 11.9. The summed E-state index contributed by atoms with van der Waals surface area (Å²) < 4.78 is 22.9. The van der Waals surface area contributed by atoms with Gasteiger partial charge in [0.05, 0.1) is 40.3 Å². The van der Waals surface area contributed by atoms with E-state index < -0.39 is 24.3 Å². The van der Waals surface area contributed by atoms with Gasteiger partial charge in [-0.25, -0.2) is 0 Å². The SMILES string of the molecule is CC/C=C\C/C=C\C/C=C\C/C=C\C/C=C\C/C=C\CCCCCCCCCCCCCCCCCCCCCCC(=O)OC(COC(=O)CCCCCCCCCCCCCCCCCCCCCCCCCCCCCCC/C=C\C/C=C\CCCCCCC)COC(OCC[N+](C)(C)C)C(=O)[O-]. The van der Waals surface area contributed by atoms with Crippen molar-refractivity contribution in [3.05, 3.63) is 97.2 Å². The smallest absolute Gasteiger partial charge is 0.306 e. The Kier molecular flexibility index (Phi) is 82.7. The molecule has 0 heterocycles. The third-order valence-corrected chi connectivity index (χ3v) is 20.3. The molecule has 0 radical (unpaired) electrons. The number of aliphatic carboxylic acids is 1. The third kappa shape index (κ3) is 87.3. The summed E-state index contributed by atoms with van der Waals surface area (Å²) in [4.78, 5) is 37.7. The maximum absolute atomic E-state index is 13.0. The van der Waals surface area contributed by atoms with Gasteiger partial charge in [-0.3, -0.25) is 9.59 Å². The van der Waals surface area contributed by atoms with E-state index >= 15 is 0 Å². The summed E-state index contributed by atoms with van der Waals surface area (Å²) in [5.41, 5.74) is 0. The average Bonchev–Trinajstić information content (AvgIpc) is 1.97. The molecular formula is C96H173NO8. The van der Waals surface area contributed by atoms with Gasteiger partial charge in [0.2, 0.25) is 0 Å². The average molecular weight is 1470 g/mol. The maximum Gasteiger partial charge on any atom is 0.306 e. The Morgan fingerprint density at radius 1 is 0.295 bits per heavy atom. The summed E-state index contributed by atoms with van der Waals surface area (Å²) in [7, 11) is 5.95. The van der Waals surface area contributed by atoms with Crippen LogP contribution in [0.15, 0.2) is 97.2 Å². The zero-order valence-corrected chi connectivity index (χ0v) is 70.1. The van der Waals surface area contributed by atoms with Crippen LogP contribution in [0, 0.1) is 0 Å². The number of carbonyl (C=O) groups is 3. The lowest BCUT2D eigenvalue weighted by Crippen LogP contribution is -2.44. The molecule has 2 atom stereocenters. The molecule has 0 amide bonds. The van der Waals surface area contributed by atoms with Crippen LogP contribution in [0.25, 0.3) is 0 Å². The van der Waals surface area contributed by atoms with E-state index in [4.69, 9.17) is 18.9 Å². The maximum atomic E-state index is 13.0. The van der Waals surface area contributed by atoms with Crippen LogP contribution in [0.5, 0.6) is 0 Å². The Labute approximate surface area is 652 Å². The first kappa shape index (κ1) is 101. The molecule has 0 rings (SSSR count). The Balaban J connectivity index is 3.91. The molecule has 0 aromatic carbocycles. The van der Waals surface area contributed by atoms with Gasteiger partial charge < -0.3 is 33.3 Å². The molecule has 0 aliphatic rings. The lowest BCUT2D eigenvalue weighted by Gasteiger charge is -2.26. The third-order valence-electron chi connectivity index (χ3n) is 20.3. The number of carbonyl (C=O) groups excluding carboxylic acids is 3. The number of unbranched alkanes of at least 4 members (excludes halogenated alkanes) is 54. The first-order valence-electron chi connectivity index (χ1n) is 45.4. The van der Waals surface area contributed by atoms with Crippen molar-refractivity contribution in [3.8, 4) is 0 Å². The van der Waals surface area contributed by atoms with E-state index in [0.717, 1.165) is 77.0 Å². The Morgan fingerprint density at radius 3 is 0.810 bits per heavy atom. The number of rotatable bonds is 85. The van der Waals surface area contributed by atoms with Crippen LogP contribution in [-0.2, 0) is 33.3 Å². The molecule has 610 valence electrons. The quantitative estimate of drug-likeness (QED) is 0.0195. The van der Waals surface area contributed by atoms with Gasteiger partial charge in [-0.05, 0) is 96.3 Å². The molecule has 0 aliphatic heterocycles. The number of carboxylic acids is 1. The number of hydrogen-bond donors (Lipinski definition) is 0. The molecule has 9 nitrogen and oxygen atoms in total. The first-order chi connectivity index (χ1) is 51.6. The molecule has 0 bridgehead atoms. The minimum absolute atomic E-state index is 0.149. The minimum atomic E-state index is -1.62. The van der Waals surface area contributed by atoms with Crippen LogP contribution < -0.4 is 5.11 Å². The van der Waals surface area contributed by atoms with E-state index in [-0.39, 0.29) is 32.2 Å². The fraction of sp³-hybridized carbons (Fsp3) is 0.802. The van der Waals surface area contributed by atoms with E-state index in [1.807, 2.05) is 21.1 Å². The molecule has 0 aromatic rings. The van der Waals surface area contributed by atoms with Crippen molar-refractivity contribution in [1.29, 1.82) is 0 Å². The Morgan fingerprint density at radius 2 is 0.543 bits per heavy atom. The van der Waals surface area contributed by atoms with Crippen LogP contribution in [0.4, 0.5) is 0 Å². The largest absolute Gasteiger partial charge is 0.545 e. The summed E-state index contributed by atoms with van der Waals surface area (Å²) in [6.45, 7) is 4.69. The first-order valence-corrected chi connectivity index (χ1v) is 45.4. The summed E-state index contributed by atoms with van der Waals surface area (Å²) in [5.74, 6) is -2.25. The van der Waals surface area contributed by atoms with Gasteiger partial charge in [0.25, 0.3) is 0 Å². The molecule has 0 N–H and O–H groups in total. The van der Waals surface area contributed by atoms with Gasteiger partial charge >= 0.3 is 11.9 Å². The molecule has 0 fully saturated rings. The number of carboxylic acid groups (broad SMARTS) is 1. The molecule has 0 aromatic heterocycles. The summed E-state index contributed by atoms with van der Waals surface area (Å²) in [6.07, 6.45) is 117. The highest BCUT2D eigenvalue weighted by molar-refractivity contribution is 5.70. The van der Waals surface area contributed by atoms with E-state index in [0.29, 0.717) is 23.9 Å². The number of hydrogen-bond acceptors (Lipinski definition) is 8. The molecule has 0 saturated carbocycles. The second-order valence-corrected chi connectivity index (χ2v) is 31.9. The molecule has 2 unspecified atom stereocenters. The van der Waals surface area contributed by atoms with Crippen molar-refractivity contribution in [1.82, 2.24) is 0 Å². The molecule has 0 spiro atoms. The van der Waals surface area contributed by atoms with Gasteiger partial charge in [0, 0.05) is 12.8 Å². The molecule has 0 aliphatic carbocycles. The van der Waals surface area contributed by atoms with Gasteiger partial charge in [-0.15, -0.1) is 0 Å². The molecule has 9 heteroatoms. The monoisotopic (exact) mass is 1470 g/mol. The molecule has 0 saturated heterocycles. The van der Waals surface area contributed by atoms with E-state index in [1.165, 1.54) is 327 Å². The number of esters is 2. The van der Waals surface area contributed by atoms with Crippen LogP contribution >= 0.6 is 0 Å². The highest BCUT2D eigenvalue weighted by Gasteiger charge is 2.22. The fourth-order valence-electron chi connectivity index (χ4n) is 13.5. The van der Waals surface area contributed by atoms with Crippen LogP contribution in [0.1, 0.15) is 438 Å². The predicted molar refractivity (Wildman–Crippen MR) is 454 cm³/mol. The topological polar surface area (TPSA) is 111 Å². The Hall–Kier alpha value is -3.79. The predicted octanol–water partition coefficient (Wildman–Crippen LogP) is 28.5. The second-order valence-electron chi connectivity index (χ2n) is 31.9. The molecular weight excluding hydrogens is 1300 g/mol. The minimum Gasteiger partial charge on any atom is -0.545 e. The van der Waals surface area contributed by atoms with Crippen molar-refractivity contribution >= 4 is 17.9 Å². The lowest BCUT2D eigenvalue weighted by molar-refractivity contribution is -0.870. The number of ether oxygens (including phenoxy) is 4. The van der Waals surface area contributed by atoms with Crippen LogP contribution in [0.3, 0.4) is 0 Å². The van der Waals surface area contributed by atoms with Gasteiger partial charge in [-0.2, -0.15) is 0 Å². The summed E-state index contributed by atoms with van der Waals surface area (Å²) >= 11 is 0. The van der Waals surface area contributed by atoms with Crippen molar-refractivity contribution in [2.75, 3.05) is 47.5 Å². The van der Waals surface area contributed by atoms with Crippen molar-refractivity contribution < 1.29 is 42.9 Å². The zero-order valence-electron chi connectivity index (χ0n) is 70.1. The standard InChI is InChI=1S/C96H173NO8/c1-6-8-10-12-14-16-18-20-22-24-26-28-30-32-34-36-38-40-42-44-46-47-49-50-52-54-56-58-60-62-64-66-68-70-72-74-76-78-80-82-84-86-93(98)103-90-92(91-104-96(95(100)101)102-89-88-97(3,4)5)105-94(99)87-85-83-81-79-77-75-73-71-69-67-65-63-61-59-57-55-53-51-48-45-43-41-39-37-35-33-31-29-27-25-23-21-19-17-15-13-11-9-7-2/h9,11,15,17-18,20-21,23-24,26-27,29,33,35,39,41,92,96H,6-8,10,12-14,16,19,22,25,28,30-32,34,36-38,40,42-91H2,1-5H3/b11-9-,17-15-,20-18-,23-21-,26-24-,29-27-,35-33-,41-39-. The normalized spacial score (nSPS) is 13.0. The highest BCUT2D eigenvalue weighted by atomic mass is 16.7. The van der Waals surface area contributed by atoms with Crippen molar-refractivity contribution in [3.63, 3.8) is 0 Å². The van der Waals surface area contributed by atoms with Gasteiger partial charge in [0.15, 0.2) is 12.4 Å². The van der Waals surface area contributed by atoms with E-state index in [9.17, 15) is 19.5 Å². The number of nitrogens with zero attached hydrogens (tertiary/aromatic N) is 1. The number of likely N-dealkylation sites (N-methyl/N-ethyl adjacent to an activating group) is 1. The van der Waals surface area contributed by atoms with Crippen LogP contribution in [0.2, 0.25) is 0 Å². The zero-order chi connectivity index (χ0) is 76.0. The van der Waals surface area contributed by atoms with Gasteiger partial charge in [0.1, 0.15) is 13.2 Å². The van der Waals surface area contributed by atoms with Crippen molar-refractivity contribution in [2.45, 2.75) is 450 Å². The van der Waals surface area contributed by atoms with Gasteiger partial charge in [-0.1, -0.05) is 426 Å².